The molecule has 2 aromatic carbocycles. The summed E-state index contributed by atoms with van der Waals surface area (Å²) in [5.41, 5.74) is 3.27. The van der Waals surface area contributed by atoms with Gasteiger partial charge in [-0.15, -0.1) is 11.3 Å². The number of nitrogens with zero attached hydrogens (tertiary/aromatic N) is 1. The Morgan fingerprint density at radius 3 is 2.46 bits per heavy atom. The van der Waals surface area contributed by atoms with Crippen LogP contribution in [0.2, 0.25) is 0 Å². The molecular formula is C21H21N3O3S. The summed E-state index contributed by atoms with van der Waals surface area (Å²) in [6, 6.07) is 14.8. The summed E-state index contributed by atoms with van der Waals surface area (Å²) in [7, 11) is 1.64. The molecule has 0 unspecified atom stereocenters. The van der Waals surface area contributed by atoms with E-state index >= 15 is 0 Å². The maximum absolute atomic E-state index is 12.2. The van der Waals surface area contributed by atoms with Gasteiger partial charge in [-0.2, -0.15) is 0 Å². The van der Waals surface area contributed by atoms with Crippen LogP contribution in [-0.4, -0.2) is 23.9 Å². The van der Waals surface area contributed by atoms with Crippen molar-refractivity contribution in [1.82, 2.24) is 4.98 Å². The number of methoxy groups -OCH3 is 1. The molecule has 3 aromatic rings. The quantitative estimate of drug-likeness (QED) is 0.623. The minimum atomic E-state index is -0.131. The molecule has 3 rings (SSSR count). The first-order chi connectivity index (χ1) is 13.5. The van der Waals surface area contributed by atoms with E-state index in [1.165, 1.54) is 6.92 Å². The number of anilines is 2. The molecule has 7 heteroatoms. The lowest BCUT2D eigenvalue weighted by Crippen LogP contribution is -2.12. The summed E-state index contributed by atoms with van der Waals surface area (Å²) in [5, 5.41) is 8.42. The minimum Gasteiger partial charge on any atom is -0.497 e. The molecule has 144 valence electrons. The molecule has 0 aliphatic heterocycles. The van der Waals surface area contributed by atoms with Crippen molar-refractivity contribution in [3.05, 3.63) is 59.6 Å². The highest BCUT2D eigenvalue weighted by molar-refractivity contribution is 7.13. The Bertz CT molecular complexity index is 967. The normalized spacial score (nSPS) is 10.4. The fourth-order valence-electron chi connectivity index (χ4n) is 2.62. The highest BCUT2D eigenvalue weighted by Gasteiger charge is 2.09. The molecule has 0 aliphatic carbocycles. The smallest absolute Gasteiger partial charge is 0.224 e. The third-order valence-corrected chi connectivity index (χ3v) is 4.91. The average molecular weight is 395 g/mol. The number of amides is 2. The first-order valence-corrected chi connectivity index (χ1v) is 9.68. The van der Waals surface area contributed by atoms with Crippen LogP contribution in [0.5, 0.6) is 5.75 Å². The molecule has 1 aromatic heterocycles. The third-order valence-electron chi connectivity index (χ3n) is 3.97. The van der Waals surface area contributed by atoms with Gasteiger partial charge in [-0.25, -0.2) is 4.98 Å². The van der Waals surface area contributed by atoms with E-state index in [0.717, 1.165) is 22.0 Å². The summed E-state index contributed by atoms with van der Waals surface area (Å²) in [5.74, 6) is 0.578. The molecule has 0 radical (unpaired) electrons. The molecule has 0 bridgehead atoms. The second-order valence-electron chi connectivity index (χ2n) is 6.18. The van der Waals surface area contributed by atoms with Crippen molar-refractivity contribution in [2.75, 3.05) is 17.7 Å². The molecule has 0 fully saturated rings. The van der Waals surface area contributed by atoms with Crippen LogP contribution in [0, 0.1) is 0 Å². The fraction of sp³-hybridized carbons (Fsp3) is 0.190. The Morgan fingerprint density at radius 2 is 1.79 bits per heavy atom. The molecule has 0 spiro atoms. The van der Waals surface area contributed by atoms with Crippen molar-refractivity contribution in [2.45, 2.75) is 19.8 Å². The Balaban J connectivity index is 1.53. The van der Waals surface area contributed by atoms with Gasteiger partial charge in [-0.3, -0.25) is 9.59 Å². The van der Waals surface area contributed by atoms with Gasteiger partial charge in [0.15, 0.2) is 0 Å². The number of hydrogen-bond donors (Lipinski definition) is 2. The number of carbonyl (C=O) groups is 2. The Labute approximate surface area is 167 Å². The summed E-state index contributed by atoms with van der Waals surface area (Å²) in [6.45, 7) is 1.45. The van der Waals surface area contributed by atoms with E-state index in [4.69, 9.17) is 4.74 Å². The zero-order valence-corrected chi connectivity index (χ0v) is 16.5. The Morgan fingerprint density at radius 1 is 1.07 bits per heavy atom. The predicted octanol–water partition coefficient (Wildman–Crippen LogP) is 4.35. The van der Waals surface area contributed by atoms with Crippen LogP contribution >= 0.6 is 11.3 Å². The molecule has 0 saturated heterocycles. The SMILES string of the molecule is COc1cccc(-c2nc(CCC(=O)Nc3ccc(NC(C)=O)cc3)cs2)c1. The predicted molar refractivity (Wildman–Crippen MR) is 112 cm³/mol. The van der Waals surface area contributed by atoms with Crippen molar-refractivity contribution < 1.29 is 14.3 Å². The molecule has 0 saturated carbocycles. The molecule has 2 amide bonds. The molecule has 6 nitrogen and oxygen atoms in total. The van der Waals surface area contributed by atoms with Crippen molar-refractivity contribution in [2.24, 2.45) is 0 Å². The largest absolute Gasteiger partial charge is 0.497 e. The summed E-state index contributed by atoms with van der Waals surface area (Å²) in [6.07, 6.45) is 0.908. The van der Waals surface area contributed by atoms with Gasteiger partial charge >= 0.3 is 0 Å². The monoisotopic (exact) mass is 395 g/mol. The van der Waals surface area contributed by atoms with E-state index in [1.807, 2.05) is 29.6 Å². The Kier molecular flexibility index (Phi) is 6.39. The van der Waals surface area contributed by atoms with Crippen molar-refractivity contribution in [1.29, 1.82) is 0 Å². The zero-order chi connectivity index (χ0) is 19.9. The third kappa shape index (κ3) is 5.40. The number of aryl methyl sites for hydroxylation is 1. The maximum atomic E-state index is 12.2. The van der Waals surface area contributed by atoms with E-state index in [9.17, 15) is 9.59 Å². The number of nitrogens with one attached hydrogen (secondary N) is 2. The van der Waals surface area contributed by atoms with Crippen molar-refractivity contribution in [3.63, 3.8) is 0 Å². The zero-order valence-electron chi connectivity index (χ0n) is 15.7. The van der Waals surface area contributed by atoms with Gasteiger partial charge in [0, 0.05) is 35.7 Å². The van der Waals surface area contributed by atoms with Crippen LogP contribution in [0.3, 0.4) is 0 Å². The molecule has 1 heterocycles. The number of thiazole rings is 1. The van der Waals surface area contributed by atoms with Gasteiger partial charge in [0.25, 0.3) is 0 Å². The van der Waals surface area contributed by atoms with Crippen LogP contribution in [0.4, 0.5) is 11.4 Å². The van der Waals surface area contributed by atoms with Crippen LogP contribution < -0.4 is 15.4 Å². The highest BCUT2D eigenvalue weighted by atomic mass is 32.1. The van der Waals surface area contributed by atoms with Crippen LogP contribution in [0.15, 0.2) is 53.9 Å². The fourth-order valence-corrected chi connectivity index (χ4v) is 3.47. The number of benzene rings is 2. The van der Waals surface area contributed by atoms with Crippen LogP contribution in [-0.2, 0) is 16.0 Å². The Hall–Kier alpha value is -3.19. The highest BCUT2D eigenvalue weighted by Crippen LogP contribution is 2.27. The van der Waals surface area contributed by atoms with Crippen molar-refractivity contribution in [3.8, 4) is 16.3 Å². The summed E-state index contributed by atoms with van der Waals surface area (Å²) >= 11 is 1.55. The first kappa shape index (κ1) is 19.6. The molecule has 28 heavy (non-hydrogen) atoms. The van der Waals surface area contributed by atoms with E-state index in [2.05, 4.69) is 15.6 Å². The van der Waals surface area contributed by atoms with Crippen LogP contribution in [0.1, 0.15) is 19.0 Å². The van der Waals surface area contributed by atoms with Gasteiger partial charge in [-0.05, 0) is 42.8 Å². The lowest BCUT2D eigenvalue weighted by molar-refractivity contribution is -0.116. The molecule has 2 N–H and O–H groups in total. The number of ether oxygens (including phenoxy) is 1. The van der Waals surface area contributed by atoms with Gasteiger partial charge in [-0.1, -0.05) is 12.1 Å². The van der Waals surface area contributed by atoms with Gasteiger partial charge < -0.3 is 15.4 Å². The number of carbonyl (C=O) groups excluding carboxylic acids is 2. The second-order valence-corrected chi connectivity index (χ2v) is 7.04. The van der Waals surface area contributed by atoms with Gasteiger partial charge in [0.05, 0.1) is 12.8 Å². The standard InChI is InChI=1S/C21H21N3O3S/c1-14(25)22-16-6-8-17(9-7-16)23-20(26)11-10-18-13-28-21(24-18)15-4-3-5-19(12-15)27-2/h3-9,12-13H,10-11H2,1-2H3,(H,22,25)(H,23,26). The van der Waals surface area contributed by atoms with E-state index in [1.54, 1.807) is 42.7 Å². The van der Waals surface area contributed by atoms with Crippen molar-refractivity contribution >= 4 is 34.5 Å². The van der Waals surface area contributed by atoms with Crippen LogP contribution in [0.25, 0.3) is 10.6 Å². The molecular weight excluding hydrogens is 374 g/mol. The lowest BCUT2D eigenvalue weighted by Gasteiger charge is -2.06. The first-order valence-electron chi connectivity index (χ1n) is 8.80. The number of rotatable bonds is 7. The summed E-state index contributed by atoms with van der Waals surface area (Å²) < 4.78 is 5.25. The number of hydrogen-bond acceptors (Lipinski definition) is 5. The van der Waals surface area contributed by atoms with E-state index < -0.39 is 0 Å². The van der Waals surface area contributed by atoms with E-state index in [0.29, 0.717) is 24.2 Å². The molecule has 0 aliphatic rings. The minimum absolute atomic E-state index is 0.0804. The van der Waals surface area contributed by atoms with Gasteiger partial charge in [0.1, 0.15) is 10.8 Å². The van der Waals surface area contributed by atoms with E-state index in [-0.39, 0.29) is 11.8 Å². The van der Waals surface area contributed by atoms with Gasteiger partial charge in [0.2, 0.25) is 11.8 Å². The second kappa shape index (κ2) is 9.14. The molecule has 0 atom stereocenters. The topological polar surface area (TPSA) is 80.3 Å². The lowest BCUT2D eigenvalue weighted by atomic mass is 10.2. The maximum Gasteiger partial charge on any atom is 0.224 e. The number of aromatic nitrogens is 1. The average Bonchev–Trinajstić information content (AvgIpc) is 3.17. The summed E-state index contributed by atoms with van der Waals surface area (Å²) in [4.78, 5) is 27.8.